The van der Waals surface area contributed by atoms with E-state index in [4.69, 9.17) is 5.10 Å². The standard InChI is InChI=1S/C20H20N2/c1-17-9-8-12-19(17)16-22(20-13-6-3-7-14-20)21-15-18-10-4-2-5-11-18/h2-15,19H,16H2,1H3. The summed E-state index contributed by atoms with van der Waals surface area (Å²) < 4.78 is 0. The molecule has 1 unspecified atom stereocenters. The van der Waals surface area contributed by atoms with Crippen molar-refractivity contribution in [3.63, 3.8) is 0 Å². The topological polar surface area (TPSA) is 15.6 Å². The van der Waals surface area contributed by atoms with Crippen LogP contribution in [0.1, 0.15) is 12.5 Å². The molecule has 3 rings (SSSR count). The van der Waals surface area contributed by atoms with E-state index in [1.165, 1.54) is 5.57 Å². The fourth-order valence-corrected chi connectivity index (χ4v) is 2.50. The van der Waals surface area contributed by atoms with E-state index in [1.54, 1.807) is 0 Å². The fraction of sp³-hybridized carbons (Fsp3) is 0.150. The predicted octanol–water partition coefficient (Wildman–Crippen LogP) is 4.66. The third-order valence-corrected chi connectivity index (χ3v) is 3.86. The number of allylic oxidation sites excluding steroid dienone is 2. The fourth-order valence-electron chi connectivity index (χ4n) is 2.50. The molecule has 2 nitrogen and oxygen atoms in total. The van der Waals surface area contributed by atoms with Crippen molar-refractivity contribution in [2.75, 3.05) is 11.6 Å². The quantitative estimate of drug-likeness (QED) is 0.577. The largest absolute Gasteiger partial charge is 0.265 e. The van der Waals surface area contributed by atoms with Crippen LogP contribution < -0.4 is 5.01 Å². The van der Waals surface area contributed by atoms with Crippen LogP contribution in [0, 0.1) is 5.92 Å². The molecule has 1 atom stereocenters. The Labute approximate surface area is 132 Å². The summed E-state index contributed by atoms with van der Waals surface area (Å²) >= 11 is 0. The number of hydrogen-bond donors (Lipinski definition) is 0. The summed E-state index contributed by atoms with van der Waals surface area (Å²) in [4.78, 5) is 0. The molecule has 22 heavy (non-hydrogen) atoms. The lowest BCUT2D eigenvalue weighted by Gasteiger charge is -2.23. The van der Waals surface area contributed by atoms with Gasteiger partial charge in [0.05, 0.1) is 18.4 Å². The maximum Gasteiger partial charge on any atom is 0.0594 e. The first-order valence-electron chi connectivity index (χ1n) is 7.59. The summed E-state index contributed by atoms with van der Waals surface area (Å²) in [6.45, 7) is 3.03. The Hall–Kier alpha value is -2.61. The molecule has 0 amide bonds. The molecule has 0 aromatic heterocycles. The van der Waals surface area contributed by atoms with Crippen LogP contribution in [0.3, 0.4) is 0 Å². The molecule has 0 radical (unpaired) electrons. The zero-order chi connectivity index (χ0) is 15.2. The predicted molar refractivity (Wildman–Crippen MR) is 94.2 cm³/mol. The molecular weight excluding hydrogens is 268 g/mol. The molecule has 0 saturated carbocycles. The highest BCUT2D eigenvalue weighted by Crippen LogP contribution is 2.23. The van der Waals surface area contributed by atoms with Crippen LogP contribution in [0.4, 0.5) is 5.69 Å². The molecular formula is C20H20N2. The molecule has 0 N–H and O–H groups in total. The van der Waals surface area contributed by atoms with Gasteiger partial charge in [-0.25, -0.2) is 0 Å². The van der Waals surface area contributed by atoms with Gasteiger partial charge in [0.25, 0.3) is 0 Å². The van der Waals surface area contributed by atoms with Crippen LogP contribution in [0.25, 0.3) is 0 Å². The van der Waals surface area contributed by atoms with Gasteiger partial charge in [-0.2, -0.15) is 5.10 Å². The molecule has 0 bridgehead atoms. The summed E-state index contributed by atoms with van der Waals surface area (Å²) in [6.07, 6.45) is 8.47. The normalized spacial score (nSPS) is 17.0. The first-order chi connectivity index (χ1) is 10.8. The van der Waals surface area contributed by atoms with Crippen LogP contribution >= 0.6 is 0 Å². The summed E-state index contributed by atoms with van der Waals surface area (Å²) in [6, 6.07) is 20.5. The number of nitrogens with zero attached hydrogens (tertiary/aromatic N) is 2. The maximum atomic E-state index is 4.71. The summed E-state index contributed by atoms with van der Waals surface area (Å²) in [5, 5.41) is 6.78. The Morgan fingerprint density at radius 3 is 2.32 bits per heavy atom. The number of hydrazone groups is 1. The Morgan fingerprint density at radius 1 is 1.00 bits per heavy atom. The molecule has 0 heterocycles. The van der Waals surface area contributed by atoms with Crippen LogP contribution in [-0.2, 0) is 0 Å². The molecule has 2 aromatic carbocycles. The van der Waals surface area contributed by atoms with Gasteiger partial charge in [-0.15, -0.1) is 0 Å². The maximum absolute atomic E-state index is 4.71. The molecule has 2 aromatic rings. The second kappa shape index (κ2) is 6.90. The molecule has 0 saturated heterocycles. The highest BCUT2D eigenvalue weighted by atomic mass is 15.4. The Bertz CT molecular complexity index is 684. The number of rotatable bonds is 5. The molecule has 1 aliphatic carbocycles. The van der Waals surface area contributed by atoms with Crippen molar-refractivity contribution >= 4 is 11.9 Å². The van der Waals surface area contributed by atoms with Crippen molar-refractivity contribution in [2.24, 2.45) is 11.0 Å². The lowest BCUT2D eigenvalue weighted by molar-refractivity contribution is 0.713. The molecule has 1 aliphatic rings. The lowest BCUT2D eigenvalue weighted by Crippen LogP contribution is -2.24. The first kappa shape index (κ1) is 14.3. The van der Waals surface area contributed by atoms with Crippen molar-refractivity contribution in [1.82, 2.24) is 0 Å². The molecule has 2 heteroatoms. The van der Waals surface area contributed by atoms with E-state index < -0.39 is 0 Å². The molecule has 0 fully saturated rings. The number of anilines is 1. The van der Waals surface area contributed by atoms with Crippen molar-refractivity contribution in [2.45, 2.75) is 6.92 Å². The zero-order valence-electron chi connectivity index (χ0n) is 12.8. The Kier molecular flexibility index (Phi) is 4.50. The van der Waals surface area contributed by atoms with E-state index in [0.717, 1.165) is 17.8 Å². The van der Waals surface area contributed by atoms with Crippen molar-refractivity contribution in [3.8, 4) is 0 Å². The number of benzene rings is 2. The van der Waals surface area contributed by atoms with Gasteiger partial charge < -0.3 is 0 Å². The summed E-state index contributed by atoms with van der Waals surface area (Å²) in [5.41, 5.74) is 3.61. The van der Waals surface area contributed by atoms with E-state index in [9.17, 15) is 0 Å². The highest BCUT2D eigenvalue weighted by molar-refractivity contribution is 5.80. The van der Waals surface area contributed by atoms with Crippen LogP contribution in [0.5, 0.6) is 0 Å². The average Bonchev–Trinajstić information content (AvgIpc) is 2.98. The number of hydrogen-bond acceptors (Lipinski definition) is 2. The smallest absolute Gasteiger partial charge is 0.0594 e. The molecule has 0 aliphatic heterocycles. The van der Waals surface area contributed by atoms with E-state index >= 15 is 0 Å². The minimum absolute atomic E-state index is 0.424. The van der Waals surface area contributed by atoms with E-state index in [1.807, 2.05) is 42.6 Å². The van der Waals surface area contributed by atoms with Gasteiger partial charge in [0.15, 0.2) is 0 Å². The Balaban J connectivity index is 1.82. The molecule has 0 spiro atoms. The SMILES string of the molecule is CC1=CC=CC1CN(N=Cc1ccccc1)c1ccccc1. The van der Waals surface area contributed by atoms with Gasteiger partial charge in [-0.05, 0) is 24.6 Å². The van der Waals surface area contributed by atoms with Gasteiger partial charge in [0.1, 0.15) is 0 Å². The highest BCUT2D eigenvalue weighted by Gasteiger charge is 2.15. The van der Waals surface area contributed by atoms with Crippen molar-refractivity contribution < 1.29 is 0 Å². The average molecular weight is 288 g/mol. The van der Waals surface area contributed by atoms with E-state index in [0.29, 0.717) is 5.92 Å². The van der Waals surface area contributed by atoms with Gasteiger partial charge in [-0.1, -0.05) is 72.3 Å². The monoisotopic (exact) mass is 288 g/mol. The Morgan fingerprint density at radius 2 is 1.68 bits per heavy atom. The van der Waals surface area contributed by atoms with Gasteiger partial charge >= 0.3 is 0 Å². The van der Waals surface area contributed by atoms with Crippen LogP contribution in [-0.4, -0.2) is 12.8 Å². The third kappa shape index (κ3) is 3.53. The van der Waals surface area contributed by atoms with Crippen molar-refractivity contribution in [3.05, 3.63) is 90.0 Å². The summed E-state index contributed by atoms with van der Waals surface area (Å²) in [7, 11) is 0. The van der Waals surface area contributed by atoms with E-state index in [2.05, 4.69) is 54.4 Å². The van der Waals surface area contributed by atoms with Crippen molar-refractivity contribution in [1.29, 1.82) is 0 Å². The lowest BCUT2D eigenvalue weighted by atomic mass is 10.0. The minimum atomic E-state index is 0.424. The number of para-hydroxylation sites is 1. The van der Waals surface area contributed by atoms with Gasteiger partial charge in [0, 0.05) is 5.92 Å². The zero-order valence-corrected chi connectivity index (χ0v) is 12.8. The van der Waals surface area contributed by atoms with Crippen LogP contribution in [0.2, 0.25) is 0 Å². The summed E-state index contributed by atoms with van der Waals surface area (Å²) in [5.74, 6) is 0.424. The minimum Gasteiger partial charge on any atom is -0.265 e. The molecule has 110 valence electrons. The second-order valence-electron chi connectivity index (χ2n) is 5.47. The van der Waals surface area contributed by atoms with Gasteiger partial charge in [0.2, 0.25) is 0 Å². The van der Waals surface area contributed by atoms with Gasteiger partial charge in [-0.3, -0.25) is 5.01 Å². The van der Waals surface area contributed by atoms with Crippen LogP contribution in [0.15, 0.2) is 89.6 Å². The van der Waals surface area contributed by atoms with E-state index in [-0.39, 0.29) is 0 Å². The first-order valence-corrected chi connectivity index (χ1v) is 7.59. The third-order valence-electron chi connectivity index (χ3n) is 3.86. The second-order valence-corrected chi connectivity index (χ2v) is 5.47.